The van der Waals surface area contributed by atoms with Gasteiger partial charge in [0, 0.05) is 23.8 Å². The topological polar surface area (TPSA) is 79.5 Å². The molecule has 27 heavy (non-hydrogen) atoms. The lowest BCUT2D eigenvalue weighted by Crippen LogP contribution is -2.34. The van der Waals surface area contributed by atoms with Gasteiger partial charge in [0.15, 0.2) is 0 Å². The SMILES string of the molecule is CC(C)NC(=O)Nc1ccc(C(=O)NCc2ccc(OC(C)C)cc2)cc1. The zero-order valence-corrected chi connectivity index (χ0v) is 16.2. The average molecular weight is 369 g/mol. The van der Waals surface area contributed by atoms with E-state index in [-0.39, 0.29) is 24.1 Å². The third-order valence-electron chi connectivity index (χ3n) is 3.57. The summed E-state index contributed by atoms with van der Waals surface area (Å²) in [5.74, 6) is 0.639. The van der Waals surface area contributed by atoms with Gasteiger partial charge in [-0.1, -0.05) is 12.1 Å². The van der Waals surface area contributed by atoms with Crippen molar-refractivity contribution >= 4 is 17.6 Å². The maximum Gasteiger partial charge on any atom is 0.319 e. The Hall–Kier alpha value is -3.02. The molecule has 0 bridgehead atoms. The van der Waals surface area contributed by atoms with E-state index in [1.807, 2.05) is 52.0 Å². The zero-order valence-electron chi connectivity index (χ0n) is 16.2. The molecule has 0 unspecified atom stereocenters. The Morgan fingerprint density at radius 3 is 2.11 bits per heavy atom. The second-order valence-electron chi connectivity index (χ2n) is 6.82. The maximum atomic E-state index is 12.3. The summed E-state index contributed by atoms with van der Waals surface area (Å²) < 4.78 is 5.60. The van der Waals surface area contributed by atoms with Gasteiger partial charge < -0.3 is 20.7 Å². The van der Waals surface area contributed by atoms with Crippen molar-refractivity contribution < 1.29 is 14.3 Å². The predicted molar refractivity (Wildman–Crippen MR) is 107 cm³/mol. The van der Waals surface area contributed by atoms with Crippen LogP contribution in [0.2, 0.25) is 0 Å². The van der Waals surface area contributed by atoms with Crippen molar-refractivity contribution in [2.24, 2.45) is 0 Å². The molecule has 0 radical (unpaired) electrons. The Labute approximate surface area is 160 Å². The number of benzene rings is 2. The molecule has 2 rings (SSSR count). The molecule has 0 aliphatic carbocycles. The quantitative estimate of drug-likeness (QED) is 0.692. The van der Waals surface area contributed by atoms with Crippen LogP contribution >= 0.6 is 0 Å². The van der Waals surface area contributed by atoms with Gasteiger partial charge in [-0.3, -0.25) is 4.79 Å². The Bertz CT molecular complexity index is 753. The molecule has 0 saturated carbocycles. The first kappa shape index (κ1) is 20.3. The normalized spacial score (nSPS) is 10.6. The number of hydrogen-bond donors (Lipinski definition) is 3. The van der Waals surface area contributed by atoms with Crippen LogP contribution in [0, 0.1) is 0 Å². The third kappa shape index (κ3) is 7.01. The first-order chi connectivity index (χ1) is 12.8. The van der Waals surface area contributed by atoms with Gasteiger partial charge in [-0.15, -0.1) is 0 Å². The van der Waals surface area contributed by atoms with Crippen molar-refractivity contribution in [3.8, 4) is 5.75 Å². The van der Waals surface area contributed by atoms with E-state index in [4.69, 9.17) is 4.74 Å². The zero-order chi connectivity index (χ0) is 19.8. The van der Waals surface area contributed by atoms with E-state index >= 15 is 0 Å². The van der Waals surface area contributed by atoms with Gasteiger partial charge in [0.1, 0.15) is 5.75 Å². The van der Waals surface area contributed by atoms with Crippen LogP contribution in [0.5, 0.6) is 5.75 Å². The maximum absolute atomic E-state index is 12.3. The lowest BCUT2D eigenvalue weighted by molar-refractivity contribution is 0.0951. The highest BCUT2D eigenvalue weighted by Gasteiger charge is 2.07. The van der Waals surface area contributed by atoms with E-state index in [0.717, 1.165) is 11.3 Å². The number of urea groups is 1. The first-order valence-electron chi connectivity index (χ1n) is 9.05. The molecule has 0 spiro atoms. The minimum absolute atomic E-state index is 0.0565. The van der Waals surface area contributed by atoms with Gasteiger partial charge in [0.05, 0.1) is 6.10 Å². The highest BCUT2D eigenvalue weighted by molar-refractivity contribution is 5.95. The molecule has 3 amide bonds. The van der Waals surface area contributed by atoms with Crippen molar-refractivity contribution in [2.45, 2.75) is 46.4 Å². The highest BCUT2D eigenvalue weighted by atomic mass is 16.5. The Morgan fingerprint density at radius 1 is 0.926 bits per heavy atom. The first-order valence-corrected chi connectivity index (χ1v) is 9.05. The summed E-state index contributed by atoms with van der Waals surface area (Å²) in [4.78, 5) is 23.9. The van der Waals surface area contributed by atoms with Crippen LogP contribution in [-0.4, -0.2) is 24.1 Å². The lowest BCUT2D eigenvalue weighted by Gasteiger charge is -2.11. The van der Waals surface area contributed by atoms with Gasteiger partial charge in [0.25, 0.3) is 5.91 Å². The van der Waals surface area contributed by atoms with Crippen molar-refractivity contribution in [3.63, 3.8) is 0 Å². The Morgan fingerprint density at radius 2 is 1.56 bits per heavy atom. The molecule has 0 heterocycles. The number of carbonyl (C=O) groups is 2. The number of carbonyl (C=O) groups excluding carboxylic acids is 2. The fourth-order valence-corrected chi connectivity index (χ4v) is 2.38. The molecular weight excluding hydrogens is 342 g/mol. The molecule has 0 aromatic heterocycles. The molecule has 2 aromatic carbocycles. The summed E-state index contributed by atoms with van der Waals surface area (Å²) in [5, 5.41) is 8.35. The lowest BCUT2D eigenvalue weighted by atomic mass is 10.1. The molecule has 0 aliphatic heterocycles. The van der Waals surface area contributed by atoms with Crippen LogP contribution in [-0.2, 0) is 6.54 Å². The minimum atomic E-state index is -0.271. The monoisotopic (exact) mass is 369 g/mol. The number of nitrogens with one attached hydrogen (secondary N) is 3. The summed E-state index contributed by atoms with van der Waals surface area (Å²) in [7, 11) is 0. The molecule has 2 aromatic rings. The van der Waals surface area contributed by atoms with E-state index in [9.17, 15) is 9.59 Å². The van der Waals surface area contributed by atoms with Gasteiger partial charge in [0.2, 0.25) is 0 Å². The van der Waals surface area contributed by atoms with Crippen molar-refractivity contribution in [1.82, 2.24) is 10.6 Å². The summed E-state index contributed by atoms with van der Waals surface area (Å²) in [6.07, 6.45) is 0.129. The molecule has 144 valence electrons. The third-order valence-corrected chi connectivity index (χ3v) is 3.57. The molecule has 0 atom stereocenters. The van der Waals surface area contributed by atoms with Gasteiger partial charge in [-0.05, 0) is 69.7 Å². The van der Waals surface area contributed by atoms with Crippen molar-refractivity contribution in [3.05, 3.63) is 59.7 Å². The second-order valence-corrected chi connectivity index (χ2v) is 6.82. The predicted octanol–water partition coefficient (Wildman–Crippen LogP) is 3.93. The Kier molecular flexibility index (Phi) is 7.23. The average Bonchev–Trinajstić information content (AvgIpc) is 2.60. The van der Waals surface area contributed by atoms with Crippen LogP contribution in [0.4, 0.5) is 10.5 Å². The van der Waals surface area contributed by atoms with E-state index in [1.54, 1.807) is 24.3 Å². The van der Waals surface area contributed by atoms with E-state index < -0.39 is 0 Å². The van der Waals surface area contributed by atoms with Crippen LogP contribution in [0.25, 0.3) is 0 Å². The van der Waals surface area contributed by atoms with Crippen molar-refractivity contribution in [1.29, 1.82) is 0 Å². The number of ether oxygens (including phenoxy) is 1. The molecule has 0 saturated heterocycles. The number of anilines is 1. The molecule has 6 heteroatoms. The Balaban J connectivity index is 1.86. The summed E-state index contributed by atoms with van der Waals surface area (Å²) in [6.45, 7) is 8.16. The largest absolute Gasteiger partial charge is 0.491 e. The second kappa shape index (κ2) is 9.62. The van der Waals surface area contributed by atoms with Crippen molar-refractivity contribution in [2.75, 3.05) is 5.32 Å². The summed E-state index contributed by atoms with van der Waals surface area (Å²) in [5.41, 5.74) is 2.15. The van der Waals surface area contributed by atoms with Crippen LogP contribution in [0.1, 0.15) is 43.6 Å². The smallest absolute Gasteiger partial charge is 0.319 e. The van der Waals surface area contributed by atoms with Crippen LogP contribution < -0.4 is 20.7 Å². The van der Waals surface area contributed by atoms with E-state index in [1.165, 1.54) is 0 Å². The molecule has 6 nitrogen and oxygen atoms in total. The van der Waals surface area contributed by atoms with Crippen LogP contribution in [0.3, 0.4) is 0 Å². The number of rotatable bonds is 7. The minimum Gasteiger partial charge on any atom is -0.491 e. The molecule has 3 N–H and O–H groups in total. The van der Waals surface area contributed by atoms with E-state index in [2.05, 4.69) is 16.0 Å². The van der Waals surface area contributed by atoms with E-state index in [0.29, 0.717) is 17.8 Å². The fourth-order valence-electron chi connectivity index (χ4n) is 2.38. The van der Waals surface area contributed by atoms with Gasteiger partial charge >= 0.3 is 6.03 Å². The summed E-state index contributed by atoms with van der Waals surface area (Å²) >= 11 is 0. The van der Waals surface area contributed by atoms with Gasteiger partial charge in [-0.25, -0.2) is 4.79 Å². The molecule has 0 fully saturated rings. The standard InChI is InChI=1S/C21H27N3O3/c1-14(2)23-21(26)24-18-9-7-17(8-10-18)20(25)22-13-16-5-11-19(12-6-16)27-15(3)4/h5-12,14-15H,13H2,1-4H3,(H,22,25)(H2,23,24,26). The van der Waals surface area contributed by atoms with Gasteiger partial charge in [-0.2, -0.15) is 0 Å². The summed E-state index contributed by atoms with van der Waals surface area (Å²) in [6, 6.07) is 14.2. The van der Waals surface area contributed by atoms with Crippen LogP contribution in [0.15, 0.2) is 48.5 Å². The highest BCUT2D eigenvalue weighted by Crippen LogP contribution is 2.14. The molecular formula is C21H27N3O3. The number of amides is 3. The number of hydrogen-bond acceptors (Lipinski definition) is 3. The molecule has 0 aliphatic rings. The fraction of sp³-hybridized carbons (Fsp3) is 0.333.